The van der Waals surface area contributed by atoms with Crippen molar-refractivity contribution in [1.29, 1.82) is 0 Å². The second-order valence-electron chi connectivity index (χ2n) is 8.56. The highest BCUT2D eigenvalue weighted by atomic mass is 35.5. The summed E-state index contributed by atoms with van der Waals surface area (Å²) < 4.78 is 1.63. The second-order valence-corrected chi connectivity index (χ2v) is 8.56. The summed E-state index contributed by atoms with van der Waals surface area (Å²) in [6, 6.07) is 5.70. The molecule has 2 aromatic heterocycles. The van der Waals surface area contributed by atoms with Gasteiger partial charge in [-0.1, -0.05) is 0 Å². The van der Waals surface area contributed by atoms with Gasteiger partial charge >= 0.3 is 5.69 Å². The molecule has 4 heterocycles. The van der Waals surface area contributed by atoms with Crippen LogP contribution in [-0.4, -0.2) is 70.1 Å². The van der Waals surface area contributed by atoms with Crippen LogP contribution in [0.2, 0.25) is 0 Å². The van der Waals surface area contributed by atoms with Crippen LogP contribution in [0, 0.1) is 0 Å². The molecule has 10 nitrogen and oxygen atoms in total. The Morgan fingerprint density at radius 3 is 2.52 bits per heavy atom. The zero-order valence-electron chi connectivity index (χ0n) is 18.7. The molecule has 2 fully saturated rings. The molecule has 2 aliphatic heterocycles. The van der Waals surface area contributed by atoms with Crippen LogP contribution in [0.25, 0.3) is 0 Å². The normalized spacial score (nSPS) is 17.1. The van der Waals surface area contributed by atoms with Gasteiger partial charge in [0.1, 0.15) is 11.6 Å². The van der Waals surface area contributed by atoms with E-state index in [0.717, 1.165) is 58.4 Å². The van der Waals surface area contributed by atoms with E-state index in [4.69, 9.17) is 5.73 Å². The number of aryl methyl sites for hydroxylation is 1. The third-order valence-corrected chi connectivity index (χ3v) is 6.03. The number of piperidine rings is 1. The summed E-state index contributed by atoms with van der Waals surface area (Å²) >= 11 is 0. The highest BCUT2D eigenvalue weighted by Gasteiger charge is 2.19. The molecule has 0 radical (unpaired) electrons. The lowest BCUT2D eigenvalue weighted by atomic mass is 10.1. The van der Waals surface area contributed by atoms with Gasteiger partial charge < -0.3 is 26.6 Å². The first-order valence-electron chi connectivity index (χ1n) is 11.4. The summed E-state index contributed by atoms with van der Waals surface area (Å²) in [6.45, 7) is 5.43. The van der Waals surface area contributed by atoms with Crippen molar-refractivity contribution in [1.82, 2.24) is 30.1 Å². The van der Waals surface area contributed by atoms with Crippen LogP contribution in [0.4, 0.5) is 11.6 Å². The molecule has 2 saturated heterocycles. The number of nitrogens with one attached hydrogen (secondary N) is 3. The van der Waals surface area contributed by atoms with Crippen LogP contribution >= 0.6 is 12.4 Å². The Balaban J connectivity index is 0.00000306. The number of carbonyl (C=O) groups is 1. The molecule has 0 aliphatic carbocycles. The fourth-order valence-electron chi connectivity index (χ4n) is 3.86. The van der Waals surface area contributed by atoms with Crippen molar-refractivity contribution in [3.8, 4) is 0 Å². The number of halogens is 1. The van der Waals surface area contributed by atoms with Crippen LogP contribution in [-0.2, 0) is 6.54 Å². The maximum atomic E-state index is 12.4. The van der Waals surface area contributed by atoms with Gasteiger partial charge in [-0.15, -0.1) is 12.4 Å². The number of anilines is 2. The van der Waals surface area contributed by atoms with Crippen molar-refractivity contribution in [2.45, 2.75) is 44.3 Å². The molecule has 4 rings (SSSR count). The summed E-state index contributed by atoms with van der Waals surface area (Å²) in [5.41, 5.74) is 6.16. The van der Waals surface area contributed by atoms with E-state index >= 15 is 0 Å². The topological polar surface area (TPSA) is 130 Å². The molecule has 0 aromatic carbocycles. The predicted molar refractivity (Wildman–Crippen MR) is 130 cm³/mol. The minimum atomic E-state index is -0.288. The van der Waals surface area contributed by atoms with Gasteiger partial charge in [0, 0.05) is 38.1 Å². The monoisotopic (exact) mass is 476 g/mol. The summed E-state index contributed by atoms with van der Waals surface area (Å²) in [4.78, 5) is 35.3. The molecule has 0 bridgehead atoms. The SMILES string of the molecule is Cl.NC1CCN(CCCCn2ccc(Nc3ccc(C(=O)NC4CNC4)cn3)nc2=O)CC1. The third-order valence-electron chi connectivity index (χ3n) is 6.03. The van der Waals surface area contributed by atoms with Crippen molar-refractivity contribution in [2.24, 2.45) is 5.73 Å². The molecular weight excluding hydrogens is 444 g/mol. The molecule has 11 heteroatoms. The predicted octanol–water partition coefficient (Wildman–Crippen LogP) is 0.709. The van der Waals surface area contributed by atoms with Gasteiger partial charge in [-0.05, 0) is 63.5 Å². The molecule has 33 heavy (non-hydrogen) atoms. The Bertz CT molecular complexity index is 956. The first-order valence-corrected chi connectivity index (χ1v) is 11.4. The van der Waals surface area contributed by atoms with Gasteiger partial charge in [-0.2, -0.15) is 4.98 Å². The number of rotatable bonds is 9. The lowest BCUT2D eigenvalue weighted by Crippen LogP contribution is -2.56. The van der Waals surface area contributed by atoms with Crippen LogP contribution in [0.1, 0.15) is 36.0 Å². The van der Waals surface area contributed by atoms with Gasteiger partial charge in [0.25, 0.3) is 5.91 Å². The number of amides is 1. The summed E-state index contributed by atoms with van der Waals surface area (Å²) in [5.74, 6) is 0.819. The van der Waals surface area contributed by atoms with Gasteiger partial charge in [0.05, 0.1) is 11.6 Å². The average Bonchev–Trinajstić information content (AvgIpc) is 2.76. The number of aromatic nitrogens is 3. The zero-order chi connectivity index (χ0) is 22.3. The lowest BCUT2D eigenvalue weighted by Gasteiger charge is -2.29. The van der Waals surface area contributed by atoms with E-state index in [0.29, 0.717) is 29.8 Å². The van der Waals surface area contributed by atoms with E-state index < -0.39 is 0 Å². The molecule has 0 unspecified atom stereocenters. The maximum absolute atomic E-state index is 12.4. The standard InChI is InChI=1S/C22H32N8O2.ClH/c23-17-5-10-29(11-6-17)8-1-2-9-30-12-7-20(28-22(30)32)27-19-4-3-16(13-25-19)21(31)26-18-14-24-15-18;/h3-4,7,12-13,17-18,24H,1-2,5-6,8-11,14-15,23H2,(H,26,31)(H,25,27,28,32);1H. The van der Waals surface area contributed by atoms with Crippen LogP contribution < -0.4 is 27.4 Å². The van der Waals surface area contributed by atoms with E-state index in [1.165, 1.54) is 6.20 Å². The third kappa shape index (κ3) is 7.23. The fraction of sp³-hybridized carbons (Fsp3) is 0.545. The highest BCUT2D eigenvalue weighted by molar-refractivity contribution is 5.94. The van der Waals surface area contributed by atoms with Gasteiger partial charge in [-0.3, -0.25) is 9.36 Å². The molecule has 2 aliphatic rings. The Hall–Kier alpha value is -2.53. The van der Waals surface area contributed by atoms with Crippen LogP contribution in [0.3, 0.4) is 0 Å². The van der Waals surface area contributed by atoms with Gasteiger partial charge in [0.15, 0.2) is 0 Å². The summed E-state index contributed by atoms with van der Waals surface area (Å²) in [5, 5.41) is 9.06. The van der Waals surface area contributed by atoms with Crippen LogP contribution in [0.15, 0.2) is 35.4 Å². The van der Waals surface area contributed by atoms with Crippen LogP contribution in [0.5, 0.6) is 0 Å². The van der Waals surface area contributed by atoms with E-state index in [1.54, 1.807) is 29.0 Å². The molecular formula is C22H33ClN8O2. The van der Waals surface area contributed by atoms with Crippen molar-refractivity contribution in [3.63, 3.8) is 0 Å². The van der Waals surface area contributed by atoms with Gasteiger partial charge in [-0.25, -0.2) is 9.78 Å². The molecule has 0 atom stereocenters. The minimum Gasteiger partial charge on any atom is -0.347 e. The highest BCUT2D eigenvalue weighted by Crippen LogP contribution is 2.12. The van der Waals surface area contributed by atoms with E-state index in [9.17, 15) is 9.59 Å². The fourth-order valence-corrected chi connectivity index (χ4v) is 3.86. The Labute approximate surface area is 199 Å². The van der Waals surface area contributed by atoms with E-state index in [2.05, 4.69) is 30.8 Å². The lowest BCUT2D eigenvalue weighted by molar-refractivity contribution is 0.0923. The summed E-state index contributed by atoms with van der Waals surface area (Å²) in [6.07, 6.45) is 7.39. The van der Waals surface area contributed by atoms with Crippen molar-refractivity contribution < 1.29 is 4.79 Å². The smallest absolute Gasteiger partial charge is 0.347 e. The number of hydrogen-bond donors (Lipinski definition) is 4. The summed E-state index contributed by atoms with van der Waals surface area (Å²) in [7, 11) is 0. The first kappa shape index (κ1) is 25.1. The Kier molecular flexibility index (Phi) is 9.19. The Morgan fingerprint density at radius 2 is 1.88 bits per heavy atom. The molecule has 2 aromatic rings. The first-order chi connectivity index (χ1) is 15.6. The minimum absolute atomic E-state index is 0. The van der Waals surface area contributed by atoms with E-state index in [1.807, 2.05) is 0 Å². The average molecular weight is 477 g/mol. The quantitative estimate of drug-likeness (QED) is 0.389. The number of nitrogens with zero attached hydrogens (tertiary/aromatic N) is 4. The van der Waals surface area contributed by atoms with Crippen molar-refractivity contribution in [2.75, 3.05) is 38.0 Å². The molecule has 5 N–H and O–H groups in total. The van der Waals surface area contributed by atoms with Crippen molar-refractivity contribution in [3.05, 3.63) is 46.6 Å². The largest absolute Gasteiger partial charge is 0.349 e. The molecule has 180 valence electrons. The number of likely N-dealkylation sites (tertiary alicyclic amines) is 1. The van der Waals surface area contributed by atoms with Crippen molar-refractivity contribution >= 4 is 29.9 Å². The Morgan fingerprint density at radius 1 is 1.12 bits per heavy atom. The zero-order valence-corrected chi connectivity index (χ0v) is 19.5. The number of carbonyl (C=O) groups excluding carboxylic acids is 1. The number of unbranched alkanes of at least 4 members (excludes halogenated alkanes) is 1. The maximum Gasteiger partial charge on any atom is 0.349 e. The number of nitrogens with two attached hydrogens (primary N) is 1. The second kappa shape index (κ2) is 12.1. The van der Waals surface area contributed by atoms with E-state index in [-0.39, 0.29) is 30.0 Å². The number of hydrogen-bond acceptors (Lipinski definition) is 8. The number of pyridine rings is 1. The van der Waals surface area contributed by atoms with Gasteiger partial charge in [0.2, 0.25) is 0 Å². The molecule has 0 spiro atoms. The molecule has 1 amide bonds. The molecule has 0 saturated carbocycles.